The van der Waals surface area contributed by atoms with Gasteiger partial charge in [0.1, 0.15) is 11.5 Å². The molecule has 0 radical (unpaired) electrons. The Morgan fingerprint density at radius 2 is 1.74 bits per heavy atom. The molecule has 0 bridgehead atoms. The molecule has 1 aromatic carbocycles. The smallest absolute Gasteiger partial charge is 0.495 e. The van der Waals surface area contributed by atoms with E-state index in [4.69, 9.17) is 4.74 Å². The van der Waals surface area contributed by atoms with Gasteiger partial charge in [0.2, 0.25) is 0 Å². The molecule has 100 valence electrons. The van der Waals surface area contributed by atoms with Crippen molar-refractivity contribution in [3.8, 4) is 22.6 Å². The predicted octanol–water partition coefficient (Wildman–Crippen LogP) is 3.66. The van der Waals surface area contributed by atoms with Crippen molar-refractivity contribution in [2.45, 2.75) is 6.36 Å². The summed E-state index contributed by atoms with van der Waals surface area (Å²) in [5, 5.41) is 0. The third-order valence-corrected chi connectivity index (χ3v) is 2.35. The molecule has 0 saturated carbocycles. The molecule has 19 heavy (non-hydrogen) atoms. The first-order chi connectivity index (χ1) is 8.98. The third kappa shape index (κ3) is 3.61. The monoisotopic (exact) mass is 269 g/mol. The molecule has 1 heterocycles. The van der Waals surface area contributed by atoms with Crippen LogP contribution in [0.1, 0.15) is 0 Å². The lowest BCUT2D eigenvalue weighted by Crippen LogP contribution is -2.17. The molecule has 2 aromatic rings. The normalized spacial score (nSPS) is 11.2. The molecule has 0 aliphatic rings. The van der Waals surface area contributed by atoms with Gasteiger partial charge in [0.15, 0.2) is 0 Å². The zero-order chi connectivity index (χ0) is 13.9. The average Bonchev–Trinajstić information content (AvgIpc) is 2.37. The average molecular weight is 269 g/mol. The van der Waals surface area contributed by atoms with Crippen molar-refractivity contribution >= 4 is 0 Å². The topological polar surface area (TPSA) is 31.4 Å². The van der Waals surface area contributed by atoms with Crippen LogP contribution in [0.5, 0.6) is 11.5 Å². The number of methoxy groups -OCH3 is 1. The summed E-state index contributed by atoms with van der Waals surface area (Å²) >= 11 is 0. The third-order valence-electron chi connectivity index (χ3n) is 2.35. The Bertz CT molecular complexity index is 570. The summed E-state index contributed by atoms with van der Waals surface area (Å²) in [5.41, 5.74) is 1.21. The number of benzene rings is 1. The number of halogens is 3. The van der Waals surface area contributed by atoms with Crippen LogP contribution >= 0.6 is 0 Å². The highest BCUT2D eigenvalue weighted by Crippen LogP contribution is 2.28. The fourth-order valence-electron chi connectivity index (χ4n) is 1.56. The predicted molar refractivity (Wildman–Crippen MR) is 62.9 cm³/mol. The van der Waals surface area contributed by atoms with Gasteiger partial charge < -0.3 is 9.47 Å². The number of hydrogen-bond donors (Lipinski definition) is 0. The minimum Gasteiger partial charge on any atom is -0.495 e. The van der Waals surface area contributed by atoms with Gasteiger partial charge in [0, 0.05) is 11.8 Å². The van der Waals surface area contributed by atoms with Crippen molar-refractivity contribution in [2.24, 2.45) is 0 Å². The van der Waals surface area contributed by atoms with Crippen LogP contribution in [0.4, 0.5) is 13.2 Å². The van der Waals surface area contributed by atoms with E-state index in [-0.39, 0.29) is 5.75 Å². The summed E-state index contributed by atoms with van der Waals surface area (Å²) in [4.78, 5) is 3.95. The Kier molecular flexibility index (Phi) is 3.59. The molecule has 0 atom stereocenters. The summed E-state index contributed by atoms with van der Waals surface area (Å²) in [6.45, 7) is 0. The Balaban J connectivity index is 2.32. The van der Waals surface area contributed by atoms with Crippen LogP contribution in [0.3, 0.4) is 0 Å². The van der Waals surface area contributed by atoms with Crippen molar-refractivity contribution in [3.05, 3.63) is 42.7 Å². The van der Waals surface area contributed by atoms with Gasteiger partial charge in [0.25, 0.3) is 0 Å². The maximum Gasteiger partial charge on any atom is 0.573 e. The van der Waals surface area contributed by atoms with E-state index in [2.05, 4.69) is 9.72 Å². The van der Waals surface area contributed by atoms with Gasteiger partial charge in [0.05, 0.1) is 13.3 Å². The Hall–Kier alpha value is -2.24. The van der Waals surface area contributed by atoms with Crippen molar-refractivity contribution in [1.29, 1.82) is 0 Å². The highest BCUT2D eigenvalue weighted by atomic mass is 19.4. The van der Waals surface area contributed by atoms with E-state index >= 15 is 0 Å². The summed E-state index contributed by atoms with van der Waals surface area (Å²) in [6, 6.07) is 7.36. The van der Waals surface area contributed by atoms with Crippen LogP contribution in [0, 0.1) is 0 Å². The SMILES string of the molecule is COc1cncc(-c2cccc(OC(F)(F)F)c2)c1. The number of alkyl halides is 3. The fraction of sp³-hybridized carbons (Fsp3) is 0.154. The van der Waals surface area contributed by atoms with Crippen molar-refractivity contribution in [3.63, 3.8) is 0 Å². The Morgan fingerprint density at radius 3 is 2.42 bits per heavy atom. The van der Waals surface area contributed by atoms with Gasteiger partial charge in [-0.15, -0.1) is 13.2 Å². The lowest BCUT2D eigenvalue weighted by molar-refractivity contribution is -0.274. The van der Waals surface area contributed by atoms with Gasteiger partial charge >= 0.3 is 6.36 Å². The van der Waals surface area contributed by atoms with Crippen LogP contribution < -0.4 is 9.47 Å². The molecule has 0 amide bonds. The van der Waals surface area contributed by atoms with Gasteiger partial charge in [-0.3, -0.25) is 4.98 Å². The first kappa shape index (κ1) is 13.2. The molecular weight excluding hydrogens is 259 g/mol. The molecule has 6 heteroatoms. The van der Waals surface area contributed by atoms with Crippen LogP contribution in [0.2, 0.25) is 0 Å². The molecule has 0 N–H and O–H groups in total. The number of ether oxygens (including phenoxy) is 2. The maximum absolute atomic E-state index is 12.1. The van der Waals surface area contributed by atoms with Crippen LogP contribution in [0.25, 0.3) is 11.1 Å². The van der Waals surface area contributed by atoms with E-state index in [1.807, 2.05) is 0 Å². The molecule has 0 fully saturated rings. The molecular formula is C13H10F3NO2. The Labute approximate surface area is 107 Å². The van der Waals surface area contributed by atoms with E-state index in [1.54, 1.807) is 12.1 Å². The first-order valence-electron chi connectivity index (χ1n) is 5.33. The second-order valence-electron chi connectivity index (χ2n) is 3.69. The highest BCUT2D eigenvalue weighted by Gasteiger charge is 2.31. The minimum absolute atomic E-state index is 0.271. The number of aromatic nitrogens is 1. The van der Waals surface area contributed by atoms with E-state index < -0.39 is 6.36 Å². The first-order valence-corrected chi connectivity index (χ1v) is 5.33. The summed E-state index contributed by atoms with van der Waals surface area (Å²) in [6.07, 6.45) is -1.65. The number of hydrogen-bond acceptors (Lipinski definition) is 3. The van der Waals surface area contributed by atoms with E-state index in [0.717, 1.165) is 0 Å². The molecule has 0 unspecified atom stereocenters. The number of pyridine rings is 1. The van der Waals surface area contributed by atoms with E-state index in [9.17, 15) is 13.2 Å². The van der Waals surface area contributed by atoms with Gasteiger partial charge in [-0.25, -0.2) is 0 Å². The largest absolute Gasteiger partial charge is 0.573 e. The second kappa shape index (κ2) is 5.17. The second-order valence-corrected chi connectivity index (χ2v) is 3.69. The number of nitrogens with zero attached hydrogens (tertiary/aromatic N) is 1. The Morgan fingerprint density at radius 1 is 1.00 bits per heavy atom. The van der Waals surface area contributed by atoms with Crippen molar-refractivity contribution in [2.75, 3.05) is 7.11 Å². The van der Waals surface area contributed by atoms with Crippen LogP contribution in [-0.2, 0) is 0 Å². The minimum atomic E-state index is -4.70. The summed E-state index contributed by atoms with van der Waals surface area (Å²) in [7, 11) is 1.49. The van der Waals surface area contributed by atoms with Crippen LogP contribution in [0.15, 0.2) is 42.7 Å². The lowest BCUT2D eigenvalue weighted by atomic mass is 10.1. The van der Waals surface area contributed by atoms with E-state index in [0.29, 0.717) is 16.9 Å². The van der Waals surface area contributed by atoms with E-state index in [1.165, 1.54) is 37.7 Å². The lowest BCUT2D eigenvalue weighted by Gasteiger charge is -2.10. The molecule has 0 saturated heterocycles. The molecule has 3 nitrogen and oxygen atoms in total. The molecule has 2 rings (SSSR count). The standard InChI is InChI=1S/C13H10F3NO2/c1-18-12-6-10(7-17-8-12)9-3-2-4-11(5-9)19-13(14,15)16/h2-8H,1H3. The van der Waals surface area contributed by atoms with Gasteiger partial charge in [-0.2, -0.15) is 0 Å². The molecule has 0 spiro atoms. The van der Waals surface area contributed by atoms with Gasteiger partial charge in [-0.1, -0.05) is 12.1 Å². The van der Waals surface area contributed by atoms with Crippen molar-refractivity contribution < 1.29 is 22.6 Å². The molecule has 0 aliphatic carbocycles. The summed E-state index contributed by atoms with van der Waals surface area (Å²) < 4.78 is 45.3. The van der Waals surface area contributed by atoms with Gasteiger partial charge in [-0.05, 0) is 23.8 Å². The zero-order valence-electron chi connectivity index (χ0n) is 9.94. The van der Waals surface area contributed by atoms with Crippen LogP contribution in [-0.4, -0.2) is 18.5 Å². The maximum atomic E-state index is 12.1. The molecule has 0 aliphatic heterocycles. The highest BCUT2D eigenvalue weighted by molar-refractivity contribution is 5.65. The fourth-order valence-corrected chi connectivity index (χ4v) is 1.56. The van der Waals surface area contributed by atoms with Crippen molar-refractivity contribution in [1.82, 2.24) is 4.98 Å². The number of rotatable bonds is 3. The molecule has 1 aromatic heterocycles. The zero-order valence-corrected chi connectivity index (χ0v) is 9.94. The summed E-state index contributed by atoms with van der Waals surface area (Å²) in [5.74, 6) is 0.257. The quantitative estimate of drug-likeness (QED) is 0.852.